The van der Waals surface area contributed by atoms with Crippen LogP contribution in [0.4, 0.5) is 10.8 Å². The van der Waals surface area contributed by atoms with E-state index < -0.39 is 6.04 Å². The highest BCUT2D eigenvalue weighted by atomic mass is 32.1. The molecular weight excluding hydrogens is 440 g/mol. The quantitative estimate of drug-likeness (QED) is 0.538. The average Bonchev–Trinajstić information content (AvgIpc) is 3.44. The number of ether oxygens (including phenoxy) is 1. The smallest absolute Gasteiger partial charge is 0.247 e. The molecule has 2 fully saturated rings. The Morgan fingerprint density at radius 1 is 1.09 bits per heavy atom. The van der Waals surface area contributed by atoms with E-state index in [2.05, 4.69) is 10.2 Å². The highest BCUT2D eigenvalue weighted by molar-refractivity contribution is 7.14. The van der Waals surface area contributed by atoms with Gasteiger partial charge in [0.1, 0.15) is 6.04 Å². The van der Waals surface area contributed by atoms with Crippen molar-refractivity contribution in [3.8, 4) is 11.3 Å². The standard InChI is InChI=1S/C24H26N4O4S/c1-15(28-22(30)18-4-2-3-5-19(18)23(28)31)21(29)25-17-8-6-16(7-9-17)20-14-33-24(26-20)27-10-12-32-13-11-27/h2-3,6-9,14-15,18-19H,4-5,10-13H2,1H3,(H,25,29). The van der Waals surface area contributed by atoms with Gasteiger partial charge in [-0.05, 0) is 31.9 Å². The maximum absolute atomic E-state index is 12.8. The number of anilines is 2. The molecule has 2 aliphatic heterocycles. The third-order valence-electron chi connectivity index (χ3n) is 6.53. The Bertz CT molecular complexity index is 1060. The lowest BCUT2D eigenvalue weighted by Crippen LogP contribution is -2.46. The summed E-state index contributed by atoms with van der Waals surface area (Å²) >= 11 is 1.61. The number of allylic oxidation sites excluding steroid dienone is 2. The first-order valence-electron chi connectivity index (χ1n) is 11.2. The molecule has 5 rings (SSSR count). The molecule has 1 aliphatic carbocycles. The van der Waals surface area contributed by atoms with Gasteiger partial charge in [-0.2, -0.15) is 0 Å². The number of hydrogen-bond acceptors (Lipinski definition) is 7. The minimum absolute atomic E-state index is 0.244. The van der Waals surface area contributed by atoms with Gasteiger partial charge in [0.2, 0.25) is 17.7 Å². The lowest BCUT2D eigenvalue weighted by atomic mass is 9.85. The number of morpholine rings is 1. The summed E-state index contributed by atoms with van der Waals surface area (Å²) in [4.78, 5) is 46.4. The molecular formula is C24H26N4O4S. The van der Waals surface area contributed by atoms with E-state index >= 15 is 0 Å². The molecule has 3 aliphatic rings. The molecule has 3 unspecified atom stereocenters. The van der Waals surface area contributed by atoms with Gasteiger partial charge >= 0.3 is 0 Å². The van der Waals surface area contributed by atoms with Crippen LogP contribution in [0.15, 0.2) is 41.8 Å². The number of aromatic nitrogens is 1. The predicted molar refractivity (Wildman–Crippen MR) is 126 cm³/mol. The van der Waals surface area contributed by atoms with E-state index in [4.69, 9.17) is 9.72 Å². The van der Waals surface area contributed by atoms with Crippen molar-refractivity contribution in [1.29, 1.82) is 0 Å². The van der Waals surface area contributed by atoms with Crippen LogP contribution in [0, 0.1) is 11.8 Å². The number of carbonyl (C=O) groups is 3. The minimum Gasteiger partial charge on any atom is -0.378 e. The summed E-state index contributed by atoms with van der Waals surface area (Å²) in [6.07, 6.45) is 5.00. The van der Waals surface area contributed by atoms with Crippen LogP contribution in [0.1, 0.15) is 19.8 Å². The van der Waals surface area contributed by atoms with Crippen LogP contribution >= 0.6 is 11.3 Å². The monoisotopic (exact) mass is 466 g/mol. The second-order valence-electron chi connectivity index (χ2n) is 8.56. The van der Waals surface area contributed by atoms with Crippen molar-refractivity contribution in [2.24, 2.45) is 11.8 Å². The zero-order valence-electron chi connectivity index (χ0n) is 18.4. The number of likely N-dealkylation sites (tertiary alicyclic amines) is 1. The third-order valence-corrected chi connectivity index (χ3v) is 7.43. The molecule has 1 aromatic heterocycles. The molecule has 33 heavy (non-hydrogen) atoms. The molecule has 2 aromatic rings. The second kappa shape index (κ2) is 9.07. The first kappa shape index (κ1) is 21.8. The van der Waals surface area contributed by atoms with Crippen LogP contribution in [0.25, 0.3) is 11.3 Å². The molecule has 2 saturated heterocycles. The van der Waals surface area contributed by atoms with E-state index in [1.165, 1.54) is 0 Å². The Kier molecular flexibility index (Phi) is 5.99. The maximum Gasteiger partial charge on any atom is 0.247 e. The van der Waals surface area contributed by atoms with Crippen LogP contribution in [0.3, 0.4) is 0 Å². The number of amides is 3. The fourth-order valence-electron chi connectivity index (χ4n) is 4.59. The van der Waals surface area contributed by atoms with Crippen LogP contribution in [0.5, 0.6) is 0 Å². The molecule has 0 saturated carbocycles. The molecule has 8 nitrogen and oxygen atoms in total. The van der Waals surface area contributed by atoms with E-state index in [0.717, 1.165) is 34.4 Å². The number of nitrogens with one attached hydrogen (secondary N) is 1. The van der Waals surface area contributed by atoms with Crippen LogP contribution in [-0.2, 0) is 19.1 Å². The van der Waals surface area contributed by atoms with Crippen molar-refractivity contribution in [1.82, 2.24) is 9.88 Å². The number of imide groups is 1. The molecule has 1 aromatic carbocycles. The van der Waals surface area contributed by atoms with Gasteiger partial charge < -0.3 is 15.0 Å². The van der Waals surface area contributed by atoms with Crippen molar-refractivity contribution in [2.45, 2.75) is 25.8 Å². The van der Waals surface area contributed by atoms with Crippen molar-refractivity contribution < 1.29 is 19.1 Å². The summed E-state index contributed by atoms with van der Waals surface area (Å²) in [5.74, 6) is -1.53. The molecule has 0 bridgehead atoms. The lowest BCUT2D eigenvalue weighted by Gasteiger charge is -2.26. The van der Waals surface area contributed by atoms with Gasteiger partial charge in [-0.15, -0.1) is 11.3 Å². The first-order valence-corrected chi connectivity index (χ1v) is 12.1. The number of rotatable bonds is 5. The highest BCUT2D eigenvalue weighted by Gasteiger charge is 2.50. The van der Waals surface area contributed by atoms with Gasteiger partial charge in [0.05, 0.1) is 30.7 Å². The van der Waals surface area contributed by atoms with E-state index in [-0.39, 0.29) is 29.6 Å². The number of nitrogens with zero attached hydrogens (tertiary/aromatic N) is 3. The Morgan fingerprint density at radius 3 is 2.36 bits per heavy atom. The third kappa shape index (κ3) is 4.18. The number of carbonyl (C=O) groups excluding carboxylic acids is 3. The molecule has 0 spiro atoms. The van der Waals surface area contributed by atoms with Crippen molar-refractivity contribution in [3.63, 3.8) is 0 Å². The number of thiazole rings is 1. The minimum atomic E-state index is -0.857. The van der Waals surface area contributed by atoms with Crippen LogP contribution in [-0.4, -0.2) is 60.0 Å². The van der Waals surface area contributed by atoms with Gasteiger partial charge in [0.15, 0.2) is 5.13 Å². The summed E-state index contributed by atoms with van der Waals surface area (Å²) in [6, 6.07) is 6.58. The van der Waals surface area contributed by atoms with Gasteiger partial charge in [0.25, 0.3) is 0 Å². The summed E-state index contributed by atoms with van der Waals surface area (Å²) in [5.41, 5.74) is 2.45. The van der Waals surface area contributed by atoms with Gasteiger partial charge in [-0.1, -0.05) is 24.3 Å². The Morgan fingerprint density at radius 2 is 1.73 bits per heavy atom. The number of hydrogen-bond donors (Lipinski definition) is 1. The summed E-state index contributed by atoms with van der Waals surface area (Å²) in [5, 5.41) is 5.84. The van der Waals surface area contributed by atoms with Crippen molar-refractivity contribution in [2.75, 3.05) is 36.5 Å². The van der Waals surface area contributed by atoms with Gasteiger partial charge in [-0.25, -0.2) is 4.98 Å². The summed E-state index contributed by atoms with van der Waals surface area (Å²) in [7, 11) is 0. The van der Waals surface area contributed by atoms with Gasteiger partial charge in [0, 0.05) is 29.7 Å². The van der Waals surface area contributed by atoms with Crippen molar-refractivity contribution >= 4 is 39.9 Å². The van der Waals surface area contributed by atoms with E-state index in [1.807, 2.05) is 41.8 Å². The lowest BCUT2D eigenvalue weighted by molar-refractivity contribution is -0.146. The van der Waals surface area contributed by atoms with Gasteiger partial charge in [-0.3, -0.25) is 19.3 Å². The maximum atomic E-state index is 12.8. The number of benzene rings is 1. The largest absolute Gasteiger partial charge is 0.378 e. The van der Waals surface area contributed by atoms with Crippen molar-refractivity contribution in [3.05, 3.63) is 41.8 Å². The average molecular weight is 467 g/mol. The molecule has 3 heterocycles. The van der Waals surface area contributed by atoms with E-state index in [0.29, 0.717) is 31.7 Å². The van der Waals surface area contributed by atoms with E-state index in [9.17, 15) is 14.4 Å². The fourth-order valence-corrected chi connectivity index (χ4v) is 5.48. The topological polar surface area (TPSA) is 91.8 Å². The molecule has 3 atom stereocenters. The molecule has 172 valence electrons. The molecule has 1 N–H and O–H groups in total. The van der Waals surface area contributed by atoms with E-state index in [1.54, 1.807) is 18.3 Å². The zero-order chi connectivity index (χ0) is 22.9. The van der Waals surface area contributed by atoms with Crippen LogP contribution in [0.2, 0.25) is 0 Å². The predicted octanol–water partition coefficient (Wildman–Crippen LogP) is 2.92. The molecule has 0 radical (unpaired) electrons. The highest BCUT2D eigenvalue weighted by Crippen LogP contribution is 2.36. The second-order valence-corrected chi connectivity index (χ2v) is 9.40. The Labute approximate surface area is 196 Å². The molecule has 3 amide bonds. The Hall–Kier alpha value is -3.04. The Balaban J connectivity index is 1.23. The summed E-state index contributed by atoms with van der Waals surface area (Å²) in [6.45, 7) is 4.72. The SMILES string of the molecule is CC(C(=O)Nc1ccc(-c2csc(N3CCOCC3)n2)cc1)N1C(=O)C2CC=CCC2C1=O. The zero-order valence-corrected chi connectivity index (χ0v) is 19.2. The normalized spacial score (nSPS) is 23.5. The fraction of sp³-hybridized carbons (Fsp3) is 0.417. The first-order chi connectivity index (χ1) is 16.0. The summed E-state index contributed by atoms with van der Waals surface area (Å²) < 4.78 is 5.40. The molecule has 9 heteroatoms. The number of fused-ring (bicyclic) bond motifs is 1. The van der Waals surface area contributed by atoms with Crippen LogP contribution < -0.4 is 10.2 Å².